The van der Waals surface area contributed by atoms with Gasteiger partial charge in [-0.05, 0) is 0 Å². The molecule has 0 amide bonds. The highest BCUT2D eigenvalue weighted by Gasteiger charge is 2.35. The maximum atomic E-state index is 9.78. The summed E-state index contributed by atoms with van der Waals surface area (Å²) in [5, 5.41) is 61.8. The van der Waals surface area contributed by atoms with Crippen molar-refractivity contribution in [2.45, 2.75) is 30.7 Å². The number of rotatable bonds is 7. The molecule has 0 saturated heterocycles. The Balaban J connectivity index is 4.35. The van der Waals surface area contributed by atoms with E-state index in [1.807, 2.05) is 0 Å². The highest BCUT2D eigenvalue weighted by atomic mass is 17.0. The number of hydrogen-bond donors (Lipinski definition) is 6. The van der Waals surface area contributed by atoms with Crippen LogP contribution in [0.15, 0.2) is 0 Å². The Morgan fingerprint density at radius 2 is 1.56 bits per heavy atom. The average Bonchev–Trinajstić information content (AvgIpc) is 2.23. The van der Waals surface area contributed by atoms with E-state index < -0.39 is 42.4 Å². The van der Waals surface area contributed by atoms with E-state index >= 15 is 0 Å². The Morgan fingerprint density at radius 3 is 1.94 bits per heavy atom. The molecule has 0 spiro atoms. The van der Waals surface area contributed by atoms with Crippen molar-refractivity contribution in [3.05, 3.63) is 10.1 Å². The molecule has 0 saturated carbocycles. The second-order valence-corrected chi connectivity index (χ2v) is 2.94. The van der Waals surface area contributed by atoms with Crippen molar-refractivity contribution in [3.8, 4) is 0 Å². The van der Waals surface area contributed by atoms with Crippen molar-refractivity contribution >= 4 is 0 Å². The standard InChI is InChI=1S/C6H13NO9/c8-1-2(9)3(10)4(11)5(12)6(13)16-7(14)15/h2-6,8-13H,1H2/t2-,3-,4+,5-,6?/m1/s1. The third kappa shape index (κ3) is 4.22. The summed E-state index contributed by atoms with van der Waals surface area (Å²) in [6.45, 7) is -0.906. The van der Waals surface area contributed by atoms with Crippen molar-refractivity contribution in [1.29, 1.82) is 0 Å². The van der Waals surface area contributed by atoms with Crippen molar-refractivity contribution < 1.29 is 40.6 Å². The van der Waals surface area contributed by atoms with Crippen LogP contribution in [0.1, 0.15) is 0 Å². The number of aliphatic hydroxyl groups is 6. The highest BCUT2D eigenvalue weighted by molar-refractivity contribution is 4.81. The second-order valence-electron chi connectivity index (χ2n) is 2.94. The minimum Gasteiger partial charge on any atom is -0.394 e. The van der Waals surface area contributed by atoms with Gasteiger partial charge in [-0.25, -0.2) is 0 Å². The Kier molecular flexibility index (Phi) is 6.10. The summed E-state index contributed by atoms with van der Waals surface area (Å²) in [5.74, 6) is 0. The molecular weight excluding hydrogens is 230 g/mol. The molecule has 0 heterocycles. The molecule has 0 rings (SSSR count). The molecular formula is C6H13NO9. The molecule has 0 aliphatic rings. The van der Waals surface area contributed by atoms with Gasteiger partial charge in [0, 0.05) is 0 Å². The third-order valence-corrected chi connectivity index (χ3v) is 1.77. The van der Waals surface area contributed by atoms with Crippen LogP contribution in [0, 0.1) is 10.1 Å². The monoisotopic (exact) mass is 243 g/mol. The minimum absolute atomic E-state index is 0.906. The normalized spacial score (nSPS) is 20.6. The van der Waals surface area contributed by atoms with Crippen LogP contribution in [-0.2, 0) is 4.84 Å². The largest absolute Gasteiger partial charge is 0.394 e. The van der Waals surface area contributed by atoms with E-state index in [0.717, 1.165) is 0 Å². The van der Waals surface area contributed by atoms with Crippen LogP contribution in [0.2, 0.25) is 0 Å². The Bertz CT molecular complexity index is 224. The molecule has 0 aromatic heterocycles. The molecule has 6 N–H and O–H groups in total. The molecule has 0 aliphatic heterocycles. The van der Waals surface area contributed by atoms with Gasteiger partial charge in [-0.15, -0.1) is 10.1 Å². The summed E-state index contributed by atoms with van der Waals surface area (Å²) in [5.41, 5.74) is 0. The van der Waals surface area contributed by atoms with E-state index in [9.17, 15) is 10.1 Å². The maximum Gasteiger partial charge on any atom is 0.297 e. The zero-order valence-electron chi connectivity index (χ0n) is 7.95. The van der Waals surface area contributed by atoms with Crippen molar-refractivity contribution in [2.24, 2.45) is 0 Å². The fourth-order valence-electron chi connectivity index (χ4n) is 0.857. The summed E-state index contributed by atoms with van der Waals surface area (Å²) >= 11 is 0. The first-order valence-electron chi connectivity index (χ1n) is 4.13. The zero-order chi connectivity index (χ0) is 12.9. The lowest BCUT2D eigenvalue weighted by Gasteiger charge is -2.27. The molecule has 10 nitrogen and oxygen atoms in total. The Morgan fingerprint density at radius 1 is 1.06 bits per heavy atom. The van der Waals surface area contributed by atoms with Gasteiger partial charge in [0.1, 0.15) is 24.4 Å². The zero-order valence-corrected chi connectivity index (χ0v) is 7.95. The molecule has 0 radical (unpaired) electrons. The molecule has 96 valence electrons. The van der Waals surface area contributed by atoms with Crippen LogP contribution >= 0.6 is 0 Å². The summed E-state index contributed by atoms with van der Waals surface area (Å²) in [7, 11) is 0. The number of nitrogens with zero attached hydrogens (tertiary/aromatic N) is 1. The van der Waals surface area contributed by atoms with Crippen molar-refractivity contribution in [2.75, 3.05) is 6.61 Å². The number of hydrogen-bond acceptors (Lipinski definition) is 9. The summed E-state index contributed by atoms with van der Waals surface area (Å²) in [6, 6.07) is 0. The molecule has 0 aromatic carbocycles. The summed E-state index contributed by atoms with van der Waals surface area (Å²) < 4.78 is 0. The molecule has 16 heavy (non-hydrogen) atoms. The second kappa shape index (κ2) is 6.52. The van der Waals surface area contributed by atoms with Gasteiger partial charge in [0.2, 0.25) is 6.29 Å². The molecule has 1 unspecified atom stereocenters. The fourth-order valence-corrected chi connectivity index (χ4v) is 0.857. The van der Waals surface area contributed by atoms with Crippen LogP contribution in [0.3, 0.4) is 0 Å². The van der Waals surface area contributed by atoms with E-state index in [1.165, 1.54) is 0 Å². The molecule has 0 bridgehead atoms. The SMILES string of the molecule is O=[N+]([O-])OC(O)[C@H](O)[C@@H](O)[C@H](O)[C@H](O)CO. The van der Waals surface area contributed by atoms with E-state index in [0.29, 0.717) is 0 Å². The van der Waals surface area contributed by atoms with E-state index in [-0.39, 0.29) is 0 Å². The first-order chi connectivity index (χ1) is 7.31. The molecule has 5 atom stereocenters. The topological polar surface area (TPSA) is 174 Å². The first kappa shape index (κ1) is 15.0. The van der Waals surface area contributed by atoms with Crippen LogP contribution in [-0.4, -0.2) is 73.0 Å². The predicted molar refractivity (Wildman–Crippen MR) is 45.2 cm³/mol. The van der Waals surface area contributed by atoms with Gasteiger partial charge in [-0.3, -0.25) is 4.84 Å². The van der Waals surface area contributed by atoms with Gasteiger partial charge in [0.15, 0.2) is 0 Å². The average molecular weight is 243 g/mol. The van der Waals surface area contributed by atoms with E-state index in [2.05, 4.69) is 4.84 Å². The minimum atomic E-state index is -2.38. The first-order valence-corrected chi connectivity index (χ1v) is 4.13. The highest BCUT2D eigenvalue weighted by Crippen LogP contribution is 2.09. The van der Waals surface area contributed by atoms with Gasteiger partial charge >= 0.3 is 0 Å². The number of aliphatic hydroxyl groups excluding tert-OH is 6. The maximum absolute atomic E-state index is 9.78. The van der Waals surface area contributed by atoms with Gasteiger partial charge in [0.05, 0.1) is 6.61 Å². The summed E-state index contributed by atoms with van der Waals surface area (Å²) in [6.07, 6.45) is -10.5. The van der Waals surface area contributed by atoms with E-state index in [1.54, 1.807) is 0 Å². The van der Waals surface area contributed by atoms with Gasteiger partial charge in [-0.2, -0.15) is 0 Å². The van der Waals surface area contributed by atoms with Gasteiger partial charge in [-0.1, -0.05) is 0 Å². The van der Waals surface area contributed by atoms with Gasteiger partial charge < -0.3 is 30.6 Å². The van der Waals surface area contributed by atoms with Crippen LogP contribution < -0.4 is 0 Å². The van der Waals surface area contributed by atoms with Crippen LogP contribution in [0.5, 0.6) is 0 Å². The molecule has 10 heteroatoms. The Labute approximate surface area is 89.0 Å². The summed E-state index contributed by atoms with van der Waals surface area (Å²) in [4.78, 5) is 13.3. The molecule has 0 aromatic rings. The smallest absolute Gasteiger partial charge is 0.297 e. The predicted octanol–water partition coefficient (Wildman–Crippen LogP) is -4.05. The van der Waals surface area contributed by atoms with Crippen LogP contribution in [0.25, 0.3) is 0 Å². The van der Waals surface area contributed by atoms with Crippen molar-refractivity contribution in [3.63, 3.8) is 0 Å². The third-order valence-electron chi connectivity index (χ3n) is 1.77. The quantitative estimate of drug-likeness (QED) is 0.148. The van der Waals surface area contributed by atoms with E-state index in [4.69, 9.17) is 30.6 Å². The lowest BCUT2D eigenvalue weighted by molar-refractivity contribution is -0.782. The lowest BCUT2D eigenvalue weighted by atomic mass is 10.0. The molecule has 0 aliphatic carbocycles. The van der Waals surface area contributed by atoms with Crippen molar-refractivity contribution in [1.82, 2.24) is 0 Å². The fraction of sp³-hybridized carbons (Fsp3) is 1.00. The molecule has 0 fully saturated rings. The Hall–Kier alpha value is -1.04. The lowest BCUT2D eigenvalue weighted by Crippen LogP contribution is -2.50. The van der Waals surface area contributed by atoms with Gasteiger partial charge in [0.25, 0.3) is 5.09 Å². The van der Waals surface area contributed by atoms with Crippen LogP contribution in [0.4, 0.5) is 0 Å².